The quantitative estimate of drug-likeness (QED) is 0.888. The molecule has 0 aliphatic heterocycles. The Morgan fingerprint density at radius 2 is 1.88 bits per heavy atom. The molecule has 5 heteroatoms. The first-order valence-electron chi connectivity index (χ1n) is 7.85. The molecule has 2 aromatic rings. The molecule has 126 valence electrons. The highest BCUT2D eigenvalue weighted by atomic mass is 16.5. The third-order valence-electron chi connectivity index (χ3n) is 3.68. The minimum Gasteiger partial charge on any atom is -0.496 e. The fourth-order valence-electron chi connectivity index (χ4n) is 2.48. The van der Waals surface area contributed by atoms with Crippen LogP contribution in [0.1, 0.15) is 22.8 Å². The van der Waals surface area contributed by atoms with Gasteiger partial charge in [0.05, 0.1) is 19.2 Å². The SMILES string of the molecule is CCN(C(=O)CNC(=O)c1ccccc1OC)c1cccc(C)c1. The minimum absolute atomic E-state index is 0.0708. The van der Waals surface area contributed by atoms with E-state index in [4.69, 9.17) is 4.74 Å². The minimum atomic E-state index is -0.332. The summed E-state index contributed by atoms with van der Waals surface area (Å²) in [6, 6.07) is 14.6. The van der Waals surface area contributed by atoms with Crippen LogP contribution in [-0.2, 0) is 4.79 Å². The smallest absolute Gasteiger partial charge is 0.255 e. The number of ether oxygens (including phenoxy) is 1. The van der Waals surface area contributed by atoms with Crippen LogP contribution in [0.25, 0.3) is 0 Å². The first-order chi connectivity index (χ1) is 11.6. The van der Waals surface area contributed by atoms with Crippen LogP contribution < -0.4 is 15.0 Å². The van der Waals surface area contributed by atoms with Gasteiger partial charge in [0.25, 0.3) is 5.91 Å². The summed E-state index contributed by atoms with van der Waals surface area (Å²) in [6.45, 7) is 4.35. The molecular formula is C19H22N2O3. The van der Waals surface area contributed by atoms with Crippen molar-refractivity contribution in [2.45, 2.75) is 13.8 Å². The van der Waals surface area contributed by atoms with Gasteiger partial charge in [-0.25, -0.2) is 0 Å². The Morgan fingerprint density at radius 3 is 2.54 bits per heavy atom. The van der Waals surface area contributed by atoms with Gasteiger partial charge in [0, 0.05) is 12.2 Å². The van der Waals surface area contributed by atoms with Crippen molar-refractivity contribution in [1.29, 1.82) is 0 Å². The highest BCUT2D eigenvalue weighted by molar-refractivity contribution is 6.01. The summed E-state index contributed by atoms with van der Waals surface area (Å²) in [7, 11) is 1.51. The average molecular weight is 326 g/mol. The molecule has 0 radical (unpaired) electrons. The zero-order valence-corrected chi connectivity index (χ0v) is 14.2. The number of amides is 2. The van der Waals surface area contributed by atoms with E-state index >= 15 is 0 Å². The Labute approximate surface area is 142 Å². The standard InChI is InChI=1S/C19H22N2O3/c1-4-21(15-9-7-8-14(2)12-15)18(22)13-20-19(23)16-10-5-6-11-17(16)24-3/h5-12H,4,13H2,1-3H3,(H,20,23). The van der Waals surface area contributed by atoms with Gasteiger partial charge in [-0.2, -0.15) is 0 Å². The maximum absolute atomic E-state index is 12.5. The van der Waals surface area contributed by atoms with Crippen LogP contribution in [0.2, 0.25) is 0 Å². The summed E-state index contributed by atoms with van der Waals surface area (Å²) < 4.78 is 5.17. The van der Waals surface area contributed by atoms with Crippen molar-refractivity contribution < 1.29 is 14.3 Å². The second kappa shape index (κ2) is 8.15. The van der Waals surface area contributed by atoms with E-state index in [0.717, 1.165) is 11.3 Å². The molecule has 0 bridgehead atoms. The Kier molecular flexibility index (Phi) is 5.95. The van der Waals surface area contributed by atoms with E-state index in [0.29, 0.717) is 17.9 Å². The van der Waals surface area contributed by atoms with Crippen LogP contribution in [0.3, 0.4) is 0 Å². The largest absolute Gasteiger partial charge is 0.496 e. The molecule has 2 aromatic carbocycles. The lowest BCUT2D eigenvalue weighted by Crippen LogP contribution is -2.40. The monoisotopic (exact) mass is 326 g/mol. The first kappa shape index (κ1) is 17.5. The average Bonchev–Trinajstić information content (AvgIpc) is 2.60. The topological polar surface area (TPSA) is 58.6 Å². The molecule has 0 saturated carbocycles. The van der Waals surface area contributed by atoms with E-state index in [1.54, 1.807) is 29.2 Å². The van der Waals surface area contributed by atoms with Crippen molar-refractivity contribution in [1.82, 2.24) is 5.32 Å². The van der Waals surface area contributed by atoms with Crippen LogP contribution >= 0.6 is 0 Å². The fraction of sp³-hybridized carbons (Fsp3) is 0.263. The van der Waals surface area contributed by atoms with Crippen molar-refractivity contribution in [3.05, 3.63) is 59.7 Å². The first-order valence-corrected chi connectivity index (χ1v) is 7.85. The summed E-state index contributed by atoms with van der Waals surface area (Å²) in [4.78, 5) is 26.4. The molecule has 0 saturated heterocycles. The normalized spacial score (nSPS) is 10.1. The molecule has 0 spiro atoms. The lowest BCUT2D eigenvalue weighted by atomic mass is 10.2. The lowest BCUT2D eigenvalue weighted by molar-refractivity contribution is -0.117. The summed E-state index contributed by atoms with van der Waals surface area (Å²) >= 11 is 0. The number of likely N-dealkylation sites (N-methyl/N-ethyl adjacent to an activating group) is 1. The van der Waals surface area contributed by atoms with E-state index in [2.05, 4.69) is 5.32 Å². The number of hydrogen-bond donors (Lipinski definition) is 1. The van der Waals surface area contributed by atoms with E-state index < -0.39 is 0 Å². The van der Waals surface area contributed by atoms with Crippen LogP contribution in [0, 0.1) is 6.92 Å². The molecule has 5 nitrogen and oxygen atoms in total. The number of nitrogens with zero attached hydrogens (tertiary/aromatic N) is 1. The lowest BCUT2D eigenvalue weighted by Gasteiger charge is -2.21. The van der Waals surface area contributed by atoms with Crippen molar-refractivity contribution in [2.75, 3.05) is 25.1 Å². The number of carbonyl (C=O) groups is 2. The van der Waals surface area contributed by atoms with Crippen molar-refractivity contribution in [2.24, 2.45) is 0 Å². The summed E-state index contributed by atoms with van der Waals surface area (Å²) in [5.41, 5.74) is 2.32. The van der Waals surface area contributed by atoms with Gasteiger partial charge in [0.15, 0.2) is 0 Å². The Morgan fingerprint density at radius 1 is 1.12 bits per heavy atom. The molecule has 0 unspecified atom stereocenters. The molecule has 1 N–H and O–H groups in total. The maximum Gasteiger partial charge on any atom is 0.255 e. The van der Waals surface area contributed by atoms with Gasteiger partial charge in [-0.15, -0.1) is 0 Å². The number of carbonyl (C=O) groups excluding carboxylic acids is 2. The van der Waals surface area contributed by atoms with Gasteiger partial charge >= 0.3 is 0 Å². The molecule has 0 aliphatic carbocycles. The fourth-order valence-corrected chi connectivity index (χ4v) is 2.48. The molecule has 0 aliphatic rings. The van der Waals surface area contributed by atoms with Crippen LogP contribution in [0.5, 0.6) is 5.75 Å². The predicted molar refractivity (Wildman–Crippen MR) is 94.5 cm³/mol. The number of benzene rings is 2. The third-order valence-corrected chi connectivity index (χ3v) is 3.68. The van der Waals surface area contributed by atoms with Crippen LogP contribution in [-0.4, -0.2) is 32.0 Å². The van der Waals surface area contributed by atoms with E-state index in [1.165, 1.54) is 7.11 Å². The zero-order valence-electron chi connectivity index (χ0n) is 14.2. The van der Waals surface area contributed by atoms with Gasteiger partial charge in [0.2, 0.25) is 5.91 Å². The van der Waals surface area contributed by atoms with Gasteiger partial charge in [-0.1, -0.05) is 24.3 Å². The molecule has 2 rings (SSSR count). The number of anilines is 1. The molecule has 0 fully saturated rings. The van der Waals surface area contributed by atoms with Crippen molar-refractivity contribution in [3.8, 4) is 5.75 Å². The van der Waals surface area contributed by atoms with Crippen molar-refractivity contribution in [3.63, 3.8) is 0 Å². The van der Waals surface area contributed by atoms with Gasteiger partial charge in [0.1, 0.15) is 5.75 Å². The summed E-state index contributed by atoms with van der Waals surface area (Å²) in [5.74, 6) is -0.0130. The number of rotatable bonds is 6. The molecule has 0 atom stereocenters. The van der Waals surface area contributed by atoms with Crippen LogP contribution in [0.4, 0.5) is 5.69 Å². The zero-order chi connectivity index (χ0) is 17.5. The van der Waals surface area contributed by atoms with Gasteiger partial charge in [-0.05, 0) is 43.7 Å². The number of hydrogen-bond acceptors (Lipinski definition) is 3. The Balaban J connectivity index is 2.04. The highest BCUT2D eigenvalue weighted by Crippen LogP contribution is 2.17. The molecule has 2 amide bonds. The maximum atomic E-state index is 12.5. The second-order valence-corrected chi connectivity index (χ2v) is 5.36. The van der Waals surface area contributed by atoms with E-state index in [1.807, 2.05) is 38.1 Å². The third kappa shape index (κ3) is 4.13. The van der Waals surface area contributed by atoms with E-state index in [-0.39, 0.29) is 18.4 Å². The van der Waals surface area contributed by atoms with Gasteiger partial charge < -0.3 is 15.0 Å². The Hall–Kier alpha value is -2.82. The summed E-state index contributed by atoms with van der Waals surface area (Å²) in [6.07, 6.45) is 0. The number of methoxy groups -OCH3 is 1. The second-order valence-electron chi connectivity index (χ2n) is 5.36. The predicted octanol–water partition coefficient (Wildman–Crippen LogP) is 2.79. The van der Waals surface area contributed by atoms with Crippen molar-refractivity contribution >= 4 is 17.5 Å². The highest BCUT2D eigenvalue weighted by Gasteiger charge is 2.17. The molecule has 0 aromatic heterocycles. The Bertz CT molecular complexity index is 728. The number of para-hydroxylation sites is 1. The number of aryl methyl sites for hydroxylation is 1. The summed E-state index contributed by atoms with van der Waals surface area (Å²) in [5, 5.41) is 2.66. The molecule has 0 heterocycles. The molecular weight excluding hydrogens is 304 g/mol. The molecule has 24 heavy (non-hydrogen) atoms. The van der Waals surface area contributed by atoms with Gasteiger partial charge in [-0.3, -0.25) is 9.59 Å². The van der Waals surface area contributed by atoms with E-state index in [9.17, 15) is 9.59 Å². The number of nitrogens with one attached hydrogen (secondary N) is 1. The van der Waals surface area contributed by atoms with Crippen LogP contribution in [0.15, 0.2) is 48.5 Å².